The van der Waals surface area contributed by atoms with Crippen LogP contribution in [0.15, 0.2) is 6.07 Å². The summed E-state index contributed by atoms with van der Waals surface area (Å²) in [4.78, 5) is 8.54. The average Bonchev–Trinajstić information content (AvgIpc) is 2.27. The molecule has 0 saturated carbocycles. The van der Waals surface area contributed by atoms with Gasteiger partial charge in [0.25, 0.3) is 0 Å². The maximum Gasteiger partial charge on any atom is 0.131 e. The number of hydrogen-bond acceptors (Lipinski definition) is 5. The van der Waals surface area contributed by atoms with Crippen LogP contribution in [0, 0.1) is 6.92 Å². The molecule has 0 atom stereocenters. The van der Waals surface area contributed by atoms with Crippen molar-refractivity contribution in [2.45, 2.75) is 33.3 Å². The molecule has 17 heavy (non-hydrogen) atoms. The fourth-order valence-electron chi connectivity index (χ4n) is 1.39. The summed E-state index contributed by atoms with van der Waals surface area (Å²) in [5, 5.41) is 6.27. The average molecular weight is 238 g/mol. The third-order valence-corrected chi connectivity index (χ3v) is 2.17. The molecule has 0 fully saturated rings. The van der Waals surface area contributed by atoms with Gasteiger partial charge in [-0.1, -0.05) is 0 Å². The van der Waals surface area contributed by atoms with Crippen molar-refractivity contribution < 1.29 is 4.74 Å². The van der Waals surface area contributed by atoms with E-state index in [1.807, 2.05) is 33.9 Å². The van der Waals surface area contributed by atoms with E-state index >= 15 is 0 Å². The number of anilines is 2. The third kappa shape index (κ3) is 5.49. The second-order valence-electron chi connectivity index (χ2n) is 4.14. The number of nitrogens with zero attached hydrogens (tertiary/aromatic N) is 2. The second-order valence-corrected chi connectivity index (χ2v) is 4.14. The van der Waals surface area contributed by atoms with Crippen molar-refractivity contribution in [1.29, 1.82) is 0 Å². The lowest BCUT2D eigenvalue weighted by molar-refractivity contribution is 0.0787. The van der Waals surface area contributed by atoms with Gasteiger partial charge in [0.05, 0.1) is 6.10 Å². The molecule has 1 rings (SSSR count). The summed E-state index contributed by atoms with van der Waals surface area (Å²) < 4.78 is 5.46. The van der Waals surface area contributed by atoms with Gasteiger partial charge in [0.1, 0.15) is 17.5 Å². The zero-order valence-corrected chi connectivity index (χ0v) is 11.1. The monoisotopic (exact) mass is 238 g/mol. The van der Waals surface area contributed by atoms with Crippen LogP contribution in [0.3, 0.4) is 0 Å². The molecule has 0 unspecified atom stereocenters. The van der Waals surface area contributed by atoms with Crippen LogP contribution in [0.2, 0.25) is 0 Å². The molecule has 1 aromatic heterocycles. The maximum absolute atomic E-state index is 5.46. The fraction of sp³-hybridized carbons (Fsp3) is 0.667. The molecular formula is C12H22N4O. The minimum Gasteiger partial charge on any atom is -0.379 e. The Balaban J connectivity index is 2.33. The zero-order valence-electron chi connectivity index (χ0n) is 11.1. The highest BCUT2D eigenvalue weighted by molar-refractivity contribution is 5.46. The lowest BCUT2D eigenvalue weighted by atomic mass is 10.4. The molecule has 5 nitrogen and oxygen atoms in total. The van der Waals surface area contributed by atoms with Crippen LogP contribution in [0.4, 0.5) is 11.6 Å². The van der Waals surface area contributed by atoms with Gasteiger partial charge < -0.3 is 15.4 Å². The summed E-state index contributed by atoms with van der Waals surface area (Å²) in [6.45, 7) is 7.59. The molecule has 1 heterocycles. The molecule has 0 spiro atoms. The largest absolute Gasteiger partial charge is 0.379 e. The van der Waals surface area contributed by atoms with Crippen molar-refractivity contribution in [2.24, 2.45) is 0 Å². The van der Waals surface area contributed by atoms with Gasteiger partial charge in [0.2, 0.25) is 0 Å². The van der Waals surface area contributed by atoms with E-state index in [4.69, 9.17) is 4.74 Å². The first-order valence-corrected chi connectivity index (χ1v) is 6.00. The highest BCUT2D eigenvalue weighted by atomic mass is 16.5. The first-order valence-electron chi connectivity index (χ1n) is 6.00. The van der Waals surface area contributed by atoms with E-state index < -0.39 is 0 Å². The number of ether oxygens (including phenoxy) is 1. The Morgan fingerprint density at radius 2 is 2.00 bits per heavy atom. The van der Waals surface area contributed by atoms with Crippen LogP contribution in [-0.4, -0.2) is 36.3 Å². The van der Waals surface area contributed by atoms with Crippen molar-refractivity contribution >= 4 is 11.6 Å². The highest BCUT2D eigenvalue weighted by Crippen LogP contribution is 2.10. The van der Waals surface area contributed by atoms with Gasteiger partial charge in [-0.2, -0.15) is 0 Å². The van der Waals surface area contributed by atoms with Crippen molar-refractivity contribution in [1.82, 2.24) is 9.97 Å². The predicted octanol–water partition coefficient (Wildman–Crippen LogP) is 2.05. The van der Waals surface area contributed by atoms with Crippen LogP contribution in [0.1, 0.15) is 26.1 Å². The molecule has 0 aliphatic rings. The molecule has 0 bridgehead atoms. The normalized spacial score (nSPS) is 10.6. The van der Waals surface area contributed by atoms with E-state index in [9.17, 15) is 0 Å². The third-order valence-electron chi connectivity index (χ3n) is 2.17. The van der Waals surface area contributed by atoms with Crippen molar-refractivity contribution in [3.63, 3.8) is 0 Å². The summed E-state index contributed by atoms with van der Waals surface area (Å²) in [5.41, 5.74) is 0. The summed E-state index contributed by atoms with van der Waals surface area (Å²) >= 11 is 0. The molecule has 2 N–H and O–H groups in total. The molecule has 0 aliphatic carbocycles. The van der Waals surface area contributed by atoms with Crippen LogP contribution < -0.4 is 10.6 Å². The molecule has 96 valence electrons. The Morgan fingerprint density at radius 1 is 1.29 bits per heavy atom. The molecule has 0 saturated heterocycles. The summed E-state index contributed by atoms with van der Waals surface area (Å²) in [6, 6.07) is 1.90. The highest BCUT2D eigenvalue weighted by Gasteiger charge is 2.00. The first kappa shape index (κ1) is 13.7. The lowest BCUT2D eigenvalue weighted by Gasteiger charge is -2.09. The standard InChI is InChI=1S/C12H22N4O/c1-9(2)17-7-5-6-14-12-8-11(13-4)15-10(3)16-12/h8-9H,5-7H2,1-4H3,(H2,13,14,15,16). The van der Waals surface area contributed by atoms with Gasteiger partial charge in [-0.05, 0) is 27.2 Å². The van der Waals surface area contributed by atoms with Crippen LogP contribution in [-0.2, 0) is 4.74 Å². The Bertz CT molecular complexity index is 341. The summed E-state index contributed by atoms with van der Waals surface area (Å²) in [7, 11) is 1.85. The van der Waals surface area contributed by atoms with Crippen molar-refractivity contribution in [3.05, 3.63) is 11.9 Å². The maximum atomic E-state index is 5.46. The van der Waals surface area contributed by atoms with Crippen molar-refractivity contribution in [2.75, 3.05) is 30.8 Å². The number of nitrogens with one attached hydrogen (secondary N) is 2. The Hall–Kier alpha value is -1.36. The molecule has 0 amide bonds. The van der Waals surface area contributed by atoms with Gasteiger partial charge >= 0.3 is 0 Å². The van der Waals surface area contributed by atoms with Crippen LogP contribution >= 0.6 is 0 Å². The molecular weight excluding hydrogens is 216 g/mol. The molecule has 5 heteroatoms. The number of aromatic nitrogens is 2. The number of aryl methyl sites for hydroxylation is 1. The predicted molar refractivity (Wildman–Crippen MR) is 70.5 cm³/mol. The Morgan fingerprint density at radius 3 is 2.65 bits per heavy atom. The van der Waals surface area contributed by atoms with Gasteiger partial charge in [-0.3, -0.25) is 0 Å². The summed E-state index contributed by atoms with van der Waals surface area (Å²) in [5.74, 6) is 2.45. The lowest BCUT2D eigenvalue weighted by Crippen LogP contribution is -2.10. The topological polar surface area (TPSA) is 59.1 Å². The summed E-state index contributed by atoms with van der Waals surface area (Å²) in [6.07, 6.45) is 1.27. The number of hydrogen-bond donors (Lipinski definition) is 2. The van der Waals surface area contributed by atoms with Crippen molar-refractivity contribution in [3.8, 4) is 0 Å². The van der Waals surface area contributed by atoms with E-state index in [0.717, 1.165) is 37.0 Å². The van der Waals surface area contributed by atoms with E-state index in [2.05, 4.69) is 20.6 Å². The number of rotatable bonds is 7. The van der Waals surface area contributed by atoms with Crippen LogP contribution in [0.5, 0.6) is 0 Å². The van der Waals surface area contributed by atoms with E-state index in [-0.39, 0.29) is 0 Å². The van der Waals surface area contributed by atoms with Gasteiger partial charge in [-0.25, -0.2) is 9.97 Å². The quantitative estimate of drug-likeness (QED) is 0.712. The smallest absolute Gasteiger partial charge is 0.131 e. The zero-order chi connectivity index (χ0) is 12.7. The first-order chi connectivity index (χ1) is 8.11. The Kier molecular flexibility index (Phi) is 5.69. The van der Waals surface area contributed by atoms with Crippen LogP contribution in [0.25, 0.3) is 0 Å². The minimum atomic E-state index is 0.298. The second kappa shape index (κ2) is 7.06. The molecule has 0 radical (unpaired) electrons. The Labute approximate surface area is 103 Å². The van der Waals surface area contributed by atoms with E-state index in [1.165, 1.54) is 0 Å². The van der Waals surface area contributed by atoms with Gasteiger partial charge in [-0.15, -0.1) is 0 Å². The molecule has 1 aromatic rings. The van der Waals surface area contributed by atoms with Gasteiger partial charge in [0.15, 0.2) is 0 Å². The molecule has 0 aromatic carbocycles. The van der Waals surface area contributed by atoms with E-state index in [0.29, 0.717) is 6.10 Å². The van der Waals surface area contributed by atoms with Gasteiger partial charge in [0, 0.05) is 26.3 Å². The van der Waals surface area contributed by atoms with E-state index in [1.54, 1.807) is 0 Å². The fourth-order valence-corrected chi connectivity index (χ4v) is 1.39. The minimum absolute atomic E-state index is 0.298. The molecule has 0 aliphatic heterocycles. The SMILES string of the molecule is CNc1cc(NCCCOC(C)C)nc(C)n1.